The molecular weight excluding hydrogens is 356 g/mol. The quantitative estimate of drug-likeness (QED) is 0.343. The summed E-state index contributed by atoms with van der Waals surface area (Å²) < 4.78 is 0. The van der Waals surface area contributed by atoms with Crippen molar-refractivity contribution in [2.24, 2.45) is 0 Å². The van der Waals surface area contributed by atoms with Gasteiger partial charge in [-0.2, -0.15) is 0 Å². The maximum absolute atomic E-state index is 12.0. The van der Waals surface area contributed by atoms with E-state index in [-0.39, 0.29) is 5.78 Å². The lowest BCUT2D eigenvalue weighted by Crippen LogP contribution is -2.11. The molecule has 1 N–H and O–H groups in total. The number of carbonyl (C=O) groups excluding carboxylic acids is 1. The van der Waals surface area contributed by atoms with Crippen molar-refractivity contribution in [3.63, 3.8) is 0 Å². The first-order valence-corrected chi connectivity index (χ1v) is 9.68. The van der Waals surface area contributed by atoms with E-state index in [1.807, 2.05) is 48.5 Å². The molecule has 5 aromatic rings. The third-order valence-corrected chi connectivity index (χ3v) is 5.29. The summed E-state index contributed by atoms with van der Waals surface area (Å²) in [7, 11) is 0. The van der Waals surface area contributed by atoms with Crippen molar-refractivity contribution in [3.8, 4) is 0 Å². The van der Waals surface area contributed by atoms with Crippen LogP contribution in [0.15, 0.2) is 97.1 Å². The first kappa shape index (κ1) is 17.3. The molecule has 0 aliphatic carbocycles. The largest absolute Gasteiger partial charge is 0.353 e. The number of rotatable bonds is 4. The van der Waals surface area contributed by atoms with Gasteiger partial charge in [0.25, 0.3) is 0 Å². The van der Waals surface area contributed by atoms with Crippen molar-refractivity contribution < 1.29 is 4.79 Å². The lowest BCUT2D eigenvalue weighted by Gasteiger charge is -2.26. The Balaban J connectivity index is 1.80. The number of aromatic nitrogens is 1. The van der Waals surface area contributed by atoms with E-state index in [0.29, 0.717) is 5.56 Å². The van der Waals surface area contributed by atoms with E-state index in [4.69, 9.17) is 0 Å². The summed E-state index contributed by atoms with van der Waals surface area (Å²) in [5.74, 6) is 0.0590. The van der Waals surface area contributed by atoms with Crippen LogP contribution in [-0.4, -0.2) is 10.8 Å². The van der Waals surface area contributed by atoms with Gasteiger partial charge in [-0.3, -0.25) is 4.79 Å². The van der Waals surface area contributed by atoms with E-state index in [1.54, 1.807) is 6.92 Å². The molecular formula is C26H20N2O. The van der Waals surface area contributed by atoms with Gasteiger partial charge < -0.3 is 9.88 Å². The Labute approximate surface area is 169 Å². The SMILES string of the molecule is CC(=O)c1cccc(N(c2ccccc2)c2cccc3c2[nH]c2ccccc23)c1. The fraction of sp³-hybridized carbons (Fsp3) is 0.0385. The average molecular weight is 376 g/mol. The van der Waals surface area contributed by atoms with Crippen molar-refractivity contribution in [2.75, 3.05) is 4.90 Å². The highest BCUT2D eigenvalue weighted by molar-refractivity contribution is 6.12. The predicted molar refractivity (Wildman–Crippen MR) is 120 cm³/mol. The Bertz CT molecular complexity index is 1330. The molecule has 0 atom stereocenters. The Morgan fingerprint density at radius 1 is 0.724 bits per heavy atom. The number of carbonyl (C=O) groups is 1. The molecule has 0 saturated heterocycles. The molecule has 5 rings (SSSR count). The van der Waals surface area contributed by atoms with Gasteiger partial charge in [-0.05, 0) is 43.3 Å². The number of ketones is 1. The summed E-state index contributed by atoms with van der Waals surface area (Å²) in [6, 6.07) is 32.7. The minimum absolute atomic E-state index is 0.0590. The molecule has 1 aromatic heterocycles. The summed E-state index contributed by atoms with van der Waals surface area (Å²) in [4.78, 5) is 17.8. The van der Waals surface area contributed by atoms with Crippen LogP contribution >= 0.6 is 0 Å². The van der Waals surface area contributed by atoms with Crippen LogP contribution in [0.2, 0.25) is 0 Å². The molecule has 1 heterocycles. The van der Waals surface area contributed by atoms with Gasteiger partial charge in [0.05, 0.1) is 11.2 Å². The zero-order valence-corrected chi connectivity index (χ0v) is 16.1. The standard InChI is InChI=1S/C26H20N2O/c1-18(29)19-9-7-12-21(17-19)28(20-10-3-2-4-11-20)25-16-8-14-23-22-13-5-6-15-24(22)27-26(23)25/h2-17,27H,1H3. The molecule has 0 fully saturated rings. The van der Waals surface area contributed by atoms with Gasteiger partial charge in [0.1, 0.15) is 0 Å². The third kappa shape index (κ3) is 2.97. The number of nitrogens with zero attached hydrogens (tertiary/aromatic N) is 1. The maximum atomic E-state index is 12.0. The fourth-order valence-electron chi connectivity index (χ4n) is 3.91. The summed E-state index contributed by atoms with van der Waals surface area (Å²) in [6.45, 7) is 1.60. The number of H-pyrrole nitrogens is 1. The van der Waals surface area contributed by atoms with Crippen LogP contribution in [0.25, 0.3) is 21.8 Å². The zero-order valence-electron chi connectivity index (χ0n) is 16.1. The monoisotopic (exact) mass is 376 g/mol. The molecule has 0 saturated carbocycles. The lowest BCUT2D eigenvalue weighted by molar-refractivity contribution is 0.101. The maximum Gasteiger partial charge on any atom is 0.159 e. The Kier molecular flexibility index (Phi) is 4.14. The summed E-state index contributed by atoms with van der Waals surface area (Å²) in [5, 5.41) is 2.39. The normalized spacial score (nSPS) is 11.1. The van der Waals surface area contributed by atoms with E-state index >= 15 is 0 Å². The molecule has 4 aromatic carbocycles. The van der Waals surface area contributed by atoms with Gasteiger partial charge in [0.15, 0.2) is 5.78 Å². The van der Waals surface area contributed by atoms with Gasteiger partial charge >= 0.3 is 0 Å². The third-order valence-electron chi connectivity index (χ3n) is 5.29. The minimum Gasteiger partial charge on any atom is -0.353 e. The molecule has 0 aliphatic heterocycles. The topological polar surface area (TPSA) is 36.1 Å². The molecule has 0 amide bonds. The summed E-state index contributed by atoms with van der Waals surface area (Å²) in [5.41, 5.74) is 5.93. The number of benzene rings is 4. The zero-order chi connectivity index (χ0) is 19.8. The van der Waals surface area contributed by atoms with Gasteiger partial charge in [-0.25, -0.2) is 0 Å². The second kappa shape index (κ2) is 6.95. The van der Waals surface area contributed by atoms with Crippen LogP contribution in [0.4, 0.5) is 17.1 Å². The van der Waals surface area contributed by atoms with E-state index in [2.05, 4.69) is 58.4 Å². The number of anilines is 3. The molecule has 0 spiro atoms. The number of Topliss-reactive ketones (excluding diaryl/α,β-unsaturated/α-hetero) is 1. The first-order chi connectivity index (χ1) is 14.2. The number of para-hydroxylation sites is 3. The van der Waals surface area contributed by atoms with E-state index in [9.17, 15) is 4.79 Å². The molecule has 0 bridgehead atoms. The Morgan fingerprint density at radius 3 is 2.24 bits per heavy atom. The van der Waals surface area contributed by atoms with Crippen LogP contribution in [-0.2, 0) is 0 Å². The van der Waals surface area contributed by atoms with Crippen molar-refractivity contribution in [1.29, 1.82) is 0 Å². The summed E-state index contributed by atoms with van der Waals surface area (Å²) >= 11 is 0. The van der Waals surface area contributed by atoms with Gasteiger partial charge in [-0.1, -0.05) is 60.7 Å². The van der Waals surface area contributed by atoms with E-state index in [0.717, 1.165) is 28.1 Å². The molecule has 0 unspecified atom stereocenters. The second-order valence-corrected chi connectivity index (χ2v) is 7.15. The van der Waals surface area contributed by atoms with E-state index < -0.39 is 0 Å². The number of fused-ring (bicyclic) bond motifs is 3. The highest BCUT2D eigenvalue weighted by Gasteiger charge is 2.17. The number of nitrogens with one attached hydrogen (secondary N) is 1. The number of hydrogen-bond donors (Lipinski definition) is 1. The Hall–Kier alpha value is -3.85. The van der Waals surface area contributed by atoms with Crippen LogP contribution in [0.5, 0.6) is 0 Å². The highest BCUT2D eigenvalue weighted by Crippen LogP contribution is 2.40. The van der Waals surface area contributed by atoms with Gasteiger partial charge in [-0.15, -0.1) is 0 Å². The molecule has 29 heavy (non-hydrogen) atoms. The molecule has 140 valence electrons. The lowest BCUT2D eigenvalue weighted by atomic mass is 10.1. The fourth-order valence-corrected chi connectivity index (χ4v) is 3.91. The van der Waals surface area contributed by atoms with Crippen molar-refractivity contribution in [2.45, 2.75) is 6.92 Å². The average Bonchev–Trinajstić information content (AvgIpc) is 3.15. The minimum atomic E-state index is 0.0590. The van der Waals surface area contributed by atoms with Crippen molar-refractivity contribution in [3.05, 3.63) is 103 Å². The van der Waals surface area contributed by atoms with Crippen molar-refractivity contribution >= 4 is 44.7 Å². The molecule has 0 radical (unpaired) electrons. The van der Waals surface area contributed by atoms with Crippen LogP contribution in [0.3, 0.4) is 0 Å². The molecule has 0 aliphatic rings. The van der Waals surface area contributed by atoms with Crippen LogP contribution < -0.4 is 4.90 Å². The van der Waals surface area contributed by atoms with Crippen LogP contribution in [0, 0.1) is 0 Å². The molecule has 3 nitrogen and oxygen atoms in total. The number of aromatic amines is 1. The summed E-state index contributed by atoms with van der Waals surface area (Å²) in [6.07, 6.45) is 0. The first-order valence-electron chi connectivity index (χ1n) is 9.68. The van der Waals surface area contributed by atoms with Crippen molar-refractivity contribution in [1.82, 2.24) is 4.98 Å². The van der Waals surface area contributed by atoms with Gasteiger partial charge in [0, 0.05) is 33.2 Å². The molecule has 3 heteroatoms. The highest BCUT2D eigenvalue weighted by atomic mass is 16.1. The number of hydrogen-bond acceptors (Lipinski definition) is 2. The van der Waals surface area contributed by atoms with Crippen LogP contribution in [0.1, 0.15) is 17.3 Å². The smallest absolute Gasteiger partial charge is 0.159 e. The predicted octanol–water partition coefficient (Wildman–Crippen LogP) is 6.99. The van der Waals surface area contributed by atoms with Gasteiger partial charge in [0.2, 0.25) is 0 Å². The Morgan fingerprint density at radius 2 is 1.41 bits per heavy atom. The second-order valence-electron chi connectivity index (χ2n) is 7.15. The van der Waals surface area contributed by atoms with E-state index in [1.165, 1.54) is 10.8 Å².